The highest BCUT2D eigenvalue weighted by molar-refractivity contribution is 5.74. The van der Waals surface area contributed by atoms with Crippen LogP contribution in [0.1, 0.15) is 38.3 Å². The second-order valence-electron chi connectivity index (χ2n) is 5.49. The molecule has 2 aliphatic rings. The Labute approximate surface area is 107 Å². The molecule has 4 heteroatoms. The SMILES string of the molecule is c1ccc2c(c1)nnn2[C@H]1CN1C1CCCCC1. The molecule has 0 spiro atoms. The van der Waals surface area contributed by atoms with Crippen molar-refractivity contribution in [2.24, 2.45) is 0 Å². The lowest BCUT2D eigenvalue weighted by atomic mass is 9.95. The van der Waals surface area contributed by atoms with Crippen molar-refractivity contribution in [1.29, 1.82) is 0 Å². The third-order valence-electron chi connectivity index (χ3n) is 4.33. The smallest absolute Gasteiger partial charge is 0.120 e. The summed E-state index contributed by atoms with van der Waals surface area (Å²) in [6.45, 7) is 1.15. The molecular weight excluding hydrogens is 224 g/mol. The van der Waals surface area contributed by atoms with Gasteiger partial charge in [-0.3, -0.25) is 4.90 Å². The first-order valence-electron chi connectivity index (χ1n) is 6.99. The van der Waals surface area contributed by atoms with Crippen LogP contribution in [0.2, 0.25) is 0 Å². The van der Waals surface area contributed by atoms with E-state index >= 15 is 0 Å². The summed E-state index contributed by atoms with van der Waals surface area (Å²) in [6, 6.07) is 9.02. The molecule has 1 aliphatic heterocycles. The minimum Gasteiger partial charge on any atom is -0.274 e. The van der Waals surface area contributed by atoms with E-state index in [1.165, 1.54) is 37.6 Å². The Kier molecular flexibility index (Phi) is 2.36. The van der Waals surface area contributed by atoms with Crippen molar-refractivity contribution < 1.29 is 0 Å². The molecular formula is C14H18N4. The first-order chi connectivity index (χ1) is 8.93. The van der Waals surface area contributed by atoms with Crippen molar-refractivity contribution in [2.45, 2.75) is 44.3 Å². The normalized spacial score (nSPS) is 28.7. The maximum Gasteiger partial charge on any atom is 0.120 e. The van der Waals surface area contributed by atoms with Crippen molar-refractivity contribution in [3.05, 3.63) is 24.3 Å². The lowest BCUT2D eigenvalue weighted by molar-refractivity contribution is 0.260. The molecule has 0 radical (unpaired) electrons. The summed E-state index contributed by atoms with van der Waals surface area (Å²) in [5.41, 5.74) is 2.17. The van der Waals surface area contributed by atoms with Gasteiger partial charge in [-0.2, -0.15) is 0 Å². The molecule has 18 heavy (non-hydrogen) atoms. The number of para-hydroxylation sites is 1. The van der Waals surface area contributed by atoms with Crippen LogP contribution in [0.5, 0.6) is 0 Å². The molecule has 0 amide bonds. The predicted octanol–water partition coefficient (Wildman–Crippen LogP) is 2.58. The van der Waals surface area contributed by atoms with E-state index in [-0.39, 0.29) is 0 Å². The molecule has 1 unspecified atom stereocenters. The van der Waals surface area contributed by atoms with Gasteiger partial charge in [0.05, 0.1) is 5.52 Å². The van der Waals surface area contributed by atoms with E-state index in [0.29, 0.717) is 6.17 Å². The van der Waals surface area contributed by atoms with Crippen molar-refractivity contribution in [3.8, 4) is 0 Å². The maximum atomic E-state index is 4.33. The standard InChI is InChI=1S/C14H18N4/c1-2-6-11(7-3-1)17-10-14(17)18-13-9-5-4-8-12(13)15-16-18/h4-5,8-9,11,14H,1-3,6-7,10H2/t14-,17?/m0/s1. The monoisotopic (exact) mass is 242 g/mol. The first kappa shape index (κ1) is 10.5. The number of benzene rings is 1. The fourth-order valence-corrected chi connectivity index (χ4v) is 3.27. The van der Waals surface area contributed by atoms with Crippen LogP contribution >= 0.6 is 0 Å². The summed E-state index contributed by atoms with van der Waals surface area (Å²) in [7, 11) is 0. The minimum absolute atomic E-state index is 0.459. The zero-order chi connectivity index (χ0) is 11.9. The molecule has 2 atom stereocenters. The van der Waals surface area contributed by atoms with Gasteiger partial charge in [-0.1, -0.05) is 36.6 Å². The summed E-state index contributed by atoms with van der Waals surface area (Å²) < 4.78 is 2.10. The molecule has 1 saturated heterocycles. The second-order valence-corrected chi connectivity index (χ2v) is 5.49. The molecule has 1 aliphatic carbocycles. The third kappa shape index (κ3) is 1.63. The Hall–Kier alpha value is -1.42. The number of aromatic nitrogens is 3. The van der Waals surface area contributed by atoms with Crippen molar-refractivity contribution in [1.82, 2.24) is 19.9 Å². The van der Waals surface area contributed by atoms with Crippen LogP contribution in [-0.4, -0.2) is 32.5 Å². The van der Waals surface area contributed by atoms with E-state index in [9.17, 15) is 0 Å². The van der Waals surface area contributed by atoms with Crippen LogP contribution < -0.4 is 0 Å². The molecule has 2 fully saturated rings. The molecule has 1 aromatic carbocycles. The van der Waals surface area contributed by atoms with Crippen molar-refractivity contribution >= 4 is 11.0 Å². The van der Waals surface area contributed by atoms with Gasteiger partial charge in [-0.05, 0) is 25.0 Å². The zero-order valence-corrected chi connectivity index (χ0v) is 10.5. The molecule has 0 N–H and O–H groups in total. The van der Waals surface area contributed by atoms with Crippen LogP contribution in [0.3, 0.4) is 0 Å². The number of rotatable bonds is 2. The Morgan fingerprint density at radius 2 is 1.89 bits per heavy atom. The van der Waals surface area contributed by atoms with Gasteiger partial charge in [0, 0.05) is 12.6 Å². The lowest BCUT2D eigenvalue weighted by Crippen LogP contribution is -2.23. The van der Waals surface area contributed by atoms with Gasteiger partial charge in [-0.25, -0.2) is 4.68 Å². The number of nitrogens with zero attached hydrogens (tertiary/aromatic N) is 4. The molecule has 4 nitrogen and oxygen atoms in total. The van der Waals surface area contributed by atoms with E-state index in [4.69, 9.17) is 0 Å². The van der Waals surface area contributed by atoms with Crippen molar-refractivity contribution in [2.75, 3.05) is 6.54 Å². The number of fused-ring (bicyclic) bond motifs is 1. The highest BCUT2D eigenvalue weighted by Gasteiger charge is 2.42. The number of hydrogen-bond acceptors (Lipinski definition) is 3. The Balaban J connectivity index is 1.58. The summed E-state index contributed by atoms with van der Waals surface area (Å²) >= 11 is 0. The van der Waals surface area contributed by atoms with E-state index in [1.54, 1.807) is 0 Å². The summed E-state index contributed by atoms with van der Waals surface area (Å²) in [5, 5.41) is 8.57. The molecule has 0 bridgehead atoms. The molecule has 1 saturated carbocycles. The number of hydrogen-bond donors (Lipinski definition) is 0. The Morgan fingerprint density at radius 3 is 2.78 bits per heavy atom. The maximum absolute atomic E-state index is 4.33. The van der Waals surface area contributed by atoms with Gasteiger partial charge in [-0.15, -0.1) is 5.10 Å². The fourth-order valence-electron chi connectivity index (χ4n) is 3.27. The fraction of sp³-hybridized carbons (Fsp3) is 0.571. The summed E-state index contributed by atoms with van der Waals surface area (Å²) in [6.07, 6.45) is 7.39. The average Bonchev–Trinajstić information content (AvgIpc) is 3.12. The molecule has 2 aromatic rings. The van der Waals surface area contributed by atoms with Gasteiger partial charge in [0.1, 0.15) is 11.7 Å². The average molecular weight is 242 g/mol. The Bertz CT molecular complexity index is 556. The largest absolute Gasteiger partial charge is 0.274 e. The van der Waals surface area contributed by atoms with Crippen LogP contribution in [0, 0.1) is 0 Å². The molecule has 2 heterocycles. The van der Waals surface area contributed by atoms with E-state index < -0.39 is 0 Å². The third-order valence-corrected chi connectivity index (χ3v) is 4.33. The summed E-state index contributed by atoms with van der Waals surface area (Å²) in [5.74, 6) is 0. The highest BCUT2D eigenvalue weighted by Crippen LogP contribution is 2.38. The van der Waals surface area contributed by atoms with Crippen molar-refractivity contribution in [3.63, 3.8) is 0 Å². The van der Waals surface area contributed by atoms with Gasteiger partial charge in [0.25, 0.3) is 0 Å². The molecule has 4 rings (SSSR count). The van der Waals surface area contributed by atoms with Gasteiger partial charge >= 0.3 is 0 Å². The molecule has 1 aromatic heterocycles. The van der Waals surface area contributed by atoms with Gasteiger partial charge in [0.15, 0.2) is 0 Å². The van der Waals surface area contributed by atoms with E-state index in [2.05, 4.69) is 32.0 Å². The zero-order valence-electron chi connectivity index (χ0n) is 10.5. The molecule has 94 valence electrons. The van der Waals surface area contributed by atoms with E-state index in [0.717, 1.165) is 18.1 Å². The highest BCUT2D eigenvalue weighted by atomic mass is 15.6. The van der Waals surface area contributed by atoms with Crippen LogP contribution in [0.25, 0.3) is 11.0 Å². The predicted molar refractivity (Wildman–Crippen MR) is 70.1 cm³/mol. The minimum atomic E-state index is 0.459. The topological polar surface area (TPSA) is 33.7 Å². The van der Waals surface area contributed by atoms with E-state index in [1.807, 2.05) is 12.1 Å². The van der Waals surface area contributed by atoms with Gasteiger partial charge in [0.2, 0.25) is 0 Å². The first-order valence-corrected chi connectivity index (χ1v) is 6.99. The second kappa shape index (κ2) is 4.05. The van der Waals surface area contributed by atoms with Crippen LogP contribution in [-0.2, 0) is 0 Å². The Morgan fingerprint density at radius 1 is 1.06 bits per heavy atom. The lowest BCUT2D eigenvalue weighted by Gasteiger charge is -2.23. The van der Waals surface area contributed by atoms with Crippen LogP contribution in [0.4, 0.5) is 0 Å². The van der Waals surface area contributed by atoms with Crippen LogP contribution in [0.15, 0.2) is 24.3 Å². The quantitative estimate of drug-likeness (QED) is 0.759. The summed E-state index contributed by atoms with van der Waals surface area (Å²) in [4.78, 5) is 2.58. The van der Waals surface area contributed by atoms with Gasteiger partial charge < -0.3 is 0 Å².